The molecule has 0 aliphatic carbocycles. The van der Waals surface area contributed by atoms with Crippen LogP contribution in [0.1, 0.15) is 23.0 Å². The summed E-state index contributed by atoms with van der Waals surface area (Å²) in [6, 6.07) is 28.7. The lowest BCUT2D eigenvalue weighted by atomic mass is 10.1. The fourth-order valence-corrected chi connectivity index (χ4v) is 5.97. The van der Waals surface area contributed by atoms with Crippen LogP contribution in [0, 0.1) is 0 Å². The van der Waals surface area contributed by atoms with Crippen LogP contribution >= 0.6 is 23.5 Å². The van der Waals surface area contributed by atoms with Crippen LogP contribution in [0.25, 0.3) is 0 Å². The average Bonchev–Trinajstić information content (AvgIpc) is 3.21. The number of hydrogen-bond donors (Lipinski definition) is 0. The molecule has 0 fully saturated rings. The largest absolute Gasteiger partial charge is 0.309 e. The van der Waals surface area contributed by atoms with Gasteiger partial charge in [0.1, 0.15) is 5.82 Å². The topological polar surface area (TPSA) is 51.0 Å². The van der Waals surface area contributed by atoms with E-state index in [2.05, 4.69) is 40.5 Å². The molecule has 1 atom stereocenters. The first-order valence-electron chi connectivity index (χ1n) is 10.8. The van der Waals surface area contributed by atoms with Gasteiger partial charge in [-0.15, -0.1) is 22.0 Å². The Labute approximate surface area is 202 Å². The maximum absolute atomic E-state index is 13.6. The number of anilines is 1. The second kappa shape index (κ2) is 9.85. The molecule has 1 aliphatic heterocycles. The van der Waals surface area contributed by atoms with Crippen LogP contribution in [0.5, 0.6) is 0 Å². The van der Waals surface area contributed by atoms with Crippen LogP contribution in [-0.4, -0.2) is 32.2 Å². The Bertz CT molecular complexity index is 1240. The molecule has 0 bridgehead atoms. The van der Waals surface area contributed by atoms with E-state index >= 15 is 0 Å². The van der Waals surface area contributed by atoms with E-state index in [9.17, 15) is 4.79 Å². The average molecular weight is 473 g/mol. The number of hydrogen-bond acceptors (Lipinski definition) is 5. The third-order valence-electron chi connectivity index (χ3n) is 5.74. The molecule has 1 aliphatic rings. The Kier molecular flexibility index (Phi) is 6.51. The zero-order valence-corrected chi connectivity index (χ0v) is 19.9. The predicted octanol–water partition coefficient (Wildman–Crippen LogP) is 5.38. The fraction of sp³-hybridized carbons (Fsp3) is 0.192. The van der Waals surface area contributed by atoms with E-state index in [1.165, 1.54) is 17.3 Å². The summed E-state index contributed by atoms with van der Waals surface area (Å²) in [5.41, 5.74) is 3.33. The van der Waals surface area contributed by atoms with Crippen molar-refractivity contribution in [3.8, 4) is 0 Å². The van der Waals surface area contributed by atoms with Gasteiger partial charge in [0.05, 0.1) is 17.5 Å². The first-order valence-corrected chi connectivity index (χ1v) is 12.8. The molecule has 7 heteroatoms. The van der Waals surface area contributed by atoms with Gasteiger partial charge in [-0.2, -0.15) is 0 Å². The normalized spacial score (nSPS) is 15.3. The van der Waals surface area contributed by atoms with Gasteiger partial charge in [0.15, 0.2) is 5.16 Å². The van der Waals surface area contributed by atoms with E-state index in [4.69, 9.17) is 0 Å². The Balaban J connectivity index is 1.35. The molecule has 0 N–H and O–H groups in total. The van der Waals surface area contributed by atoms with Gasteiger partial charge in [0.2, 0.25) is 5.91 Å². The molecule has 5 rings (SSSR count). The molecule has 0 saturated heterocycles. The maximum atomic E-state index is 13.6. The molecule has 2 heterocycles. The molecule has 166 valence electrons. The second-order valence-electron chi connectivity index (χ2n) is 7.88. The smallest absolute Gasteiger partial charge is 0.238 e. The van der Waals surface area contributed by atoms with E-state index in [0.717, 1.165) is 32.9 Å². The summed E-state index contributed by atoms with van der Waals surface area (Å²) in [5, 5.41) is 9.47. The molecule has 0 spiro atoms. The number of nitrogens with zero attached hydrogens (tertiary/aromatic N) is 4. The molecule has 1 amide bonds. The van der Waals surface area contributed by atoms with Crippen molar-refractivity contribution in [3.05, 3.63) is 102 Å². The summed E-state index contributed by atoms with van der Waals surface area (Å²) in [6.45, 7) is 0. The number of carbonyl (C=O) groups is 1. The highest BCUT2D eigenvalue weighted by Gasteiger charge is 2.32. The zero-order chi connectivity index (χ0) is 22.6. The maximum Gasteiger partial charge on any atom is 0.238 e. The summed E-state index contributed by atoms with van der Waals surface area (Å²) in [5.74, 6) is 2.11. The van der Waals surface area contributed by atoms with Crippen LogP contribution in [0.3, 0.4) is 0 Å². The van der Waals surface area contributed by atoms with Crippen LogP contribution in [0.4, 0.5) is 5.69 Å². The van der Waals surface area contributed by atoms with Crippen LogP contribution in [0.2, 0.25) is 0 Å². The molecule has 5 nitrogen and oxygen atoms in total. The van der Waals surface area contributed by atoms with Gasteiger partial charge in [0.25, 0.3) is 0 Å². The molecular weight excluding hydrogens is 448 g/mol. The lowest BCUT2D eigenvalue weighted by Gasteiger charge is -2.37. The van der Waals surface area contributed by atoms with E-state index in [1.54, 1.807) is 11.8 Å². The van der Waals surface area contributed by atoms with Crippen LogP contribution in [-0.2, 0) is 18.3 Å². The molecule has 3 aromatic carbocycles. The van der Waals surface area contributed by atoms with Crippen molar-refractivity contribution < 1.29 is 4.79 Å². The van der Waals surface area contributed by atoms with Crippen molar-refractivity contribution in [2.75, 3.05) is 16.4 Å². The van der Waals surface area contributed by atoms with E-state index in [0.29, 0.717) is 12.2 Å². The lowest BCUT2D eigenvalue weighted by molar-refractivity contribution is -0.116. The highest BCUT2D eigenvalue weighted by molar-refractivity contribution is 8.00. The number of para-hydroxylation sites is 1. The Morgan fingerprint density at radius 3 is 2.45 bits per heavy atom. The molecule has 4 aromatic rings. The number of amides is 1. The highest BCUT2D eigenvalue weighted by Crippen LogP contribution is 2.43. The number of benzene rings is 3. The van der Waals surface area contributed by atoms with Gasteiger partial charge >= 0.3 is 0 Å². The van der Waals surface area contributed by atoms with Crippen molar-refractivity contribution >= 4 is 35.1 Å². The van der Waals surface area contributed by atoms with Gasteiger partial charge in [-0.05, 0) is 23.3 Å². The van der Waals surface area contributed by atoms with Crippen molar-refractivity contribution in [3.63, 3.8) is 0 Å². The highest BCUT2D eigenvalue weighted by atomic mass is 32.2. The molecule has 0 radical (unpaired) electrons. The van der Waals surface area contributed by atoms with E-state index in [-0.39, 0.29) is 11.9 Å². The Morgan fingerprint density at radius 2 is 1.67 bits per heavy atom. The molecule has 33 heavy (non-hydrogen) atoms. The van der Waals surface area contributed by atoms with Crippen LogP contribution in [0.15, 0.2) is 95.0 Å². The zero-order valence-electron chi connectivity index (χ0n) is 18.3. The van der Waals surface area contributed by atoms with Gasteiger partial charge in [-0.1, -0.05) is 84.6 Å². The summed E-state index contributed by atoms with van der Waals surface area (Å²) in [7, 11) is 1.96. The standard InChI is InChI=1S/C26H24N4OS2/c1-29-24(16-19-10-4-2-5-11-19)27-28-26(29)33-18-25(31)30-21-14-8-9-15-23(21)32-17-22(30)20-12-6-3-7-13-20/h2-15,22H,16-18H2,1H3. The second-order valence-corrected chi connectivity index (χ2v) is 9.88. The number of fused-ring (bicyclic) bond motifs is 1. The van der Waals surface area contributed by atoms with E-state index < -0.39 is 0 Å². The quantitative estimate of drug-likeness (QED) is 0.353. The summed E-state index contributed by atoms with van der Waals surface area (Å²) in [4.78, 5) is 16.7. The van der Waals surface area contributed by atoms with Gasteiger partial charge in [-0.25, -0.2) is 0 Å². The molecule has 1 aromatic heterocycles. The predicted molar refractivity (Wildman–Crippen MR) is 135 cm³/mol. The van der Waals surface area contributed by atoms with Crippen molar-refractivity contribution in [2.45, 2.75) is 22.5 Å². The summed E-state index contributed by atoms with van der Waals surface area (Å²) >= 11 is 3.25. The first kappa shape index (κ1) is 21.8. The van der Waals surface area contributed by atoms with Gasteiger partial charge < -0.3 is 9.47 Å². The number of aromatic nitrogens is 3. The summed E-state index contributed by atoms with van der Waals surface area (Å²) < 4.78 is 1.99. The number of rotatable bonds is 6. The number of thioether (sulfide) groups is 2. The van der Waals surface area contributed by atoms with Crippen molar-refractivity contribution in [1.29, 1.82) is 0 Å². The monoisotopic (exact) mass is 472 g/mol. The minimum atomic E-state index is 0.00679. The number of carbonyl (C=O) groups excluding carboxylic acids is 1. The Morgan fingerprint density at radius 1 is 0.970 bits per heavy atom. The van der Waals surface area contributed by atoms with Gasteiger partial charge in [-0.3, -0.25) is 4.79 Å². The SMILES string of the molecule is Cn1c(Cc2ccccc2)nnc1SCC(=O)N1c2ccccc2SCC1c1ccccc1. The third-order valence-corrected chi connectivity index (χ3v) is 7.88. The third kappa shape index (κ3) is 4.70. The van der Waals surface area contributed by atoms with E-state index in [1.807, 2.05) is 71.1 Å². The lowest BCUT2D eigenvalue weighted by Crippen LogP contribution is -2.39. The first-order chi connectivity index (χ1) is 16.2. The van der Waals surface area contributed by atoms with Crippen molar-refractivity contribution in [2.24, 2.45) is 7.05 Å². The minimum absolute atomic E-state index is 0.00679. The minimum Gasteiger partial charge on any atom is -0.309 e. The summed E-state index contributed by atoms with van der Waals surface area (Å²) in [6.07, 6.45) is 0.714. The molecule has 0 saturated carbocycles. The molecule has 1 unspecified atom stereocenters. The Hall–Kier alpha value is -3.03. The van der Waals surface area contributed by atoms with Crippen molar-refractivity contribution in [1.82, 2.24) is 14.8 Å². The van der Waals surface area contributed by atoms with Gasteiger partial charge in [0, 0.05) is 24.1 Å². The molecular formula is C26H24N4OS2. The van der Waals surface area contributed by atoms with Crippen LogP contribution < -0.4 is 4.90 Å². The fourth-order valence-electron chi connectivity index (χ4n) is 4.02.